The average Bonchev–Trinajstić information content (AvgIpc) is 2.35. The van der Waals surface area contributed by atoms with E-state index in [0.29, 0.717) is 12.1 Å². The Labute approximate surface area is 106 Å². The van der Waals surface area contributed by atoms with Crippen LogP contribution in [0.2, 0.25) is 0 Å². The maximum absolute atomic E-state index is 10.8. The highest BCUT2D eigenvalue weighted by Gasteiger charge is 1.99. The summed E-state index contributed by atoms with van der Waals surface area (Å²) in [6, 6.07) is 0. The minimum absolute atomic E-state index is 0.294. The Morgan fingerprint density at radius 1 is 1.31 bits per heavy atom. The van der Waals surface area contributed by atoms with Crippen LogP contribution in [-0.2, 0) is 4.79 Å². The lowest BCUT2D eigenvalue weighted by atomic mass is 10.1. The molecule has 0 aromatic carbocycles. The van der Waals surface area contributed by atoms with Crippen LogP contribution in [0.5, 0.6) is 0 Å². The average molecular weight is 243 g/mol. The quantitative estimate of drug-likeness (QED) is 0.451. The van der Waals surface area contributed by atoms with Crippen LogP contribution < -0.4 is 5.73 Å². The molecule has 0 saturated carbocycles. The van der Waals surface area contributed by atoms with Gasteiger partial charge in [0.2, 0.25) is 5.12 Å². The van der Waals surface area contributed by atoms with Crippen LogP contribution in [0.15, 0.2) is 36.0 Å². The highest BCUT2D eigenvalue weighted by Crippen LogP contribution is 2.05. The van der Waals surface area contributed by atoms with Crippen molar-refractivity contribution in [3.63, 3.8) is 0 Å². The molecule has 2 nitrogen and oxygen atoms in total. The van der Waals surface area contributed by atoms with E-state index < -0.39 is 0 Å². The molecule has 0 aliphatic heterocycles. The number of hydrogen-bond donors (Lipinski definition) is 2. The molecule has 0 aliphatic carbocycles. The van der Waals surface area contributed by atoms with Crippen molar-refractivity contribution in [1.29, 1.82) is 0 Å². The molecule has 0 aromatic rings. The Balaban J connectivity index is -0.000000376. The molecule has 0 atom stereocenters. The van der Waals surface area contributed by atoms with Crippen LogP contribution in [-0.4, -0.2) is 11.7 Å². The molecular formula is C13H25NOS. The lowest BCUT2D eigenvalue weighted by Gasteiger charge is -1.97. The van der Waals surface area contributed by atoms with Gasteiger partial charge in [-0.1, -0.05) is 46.4 Å². The van der Waals surface area contributed by atoms with E-state index in [2.05, 4.69) is 19.2 Å². The van der Waals surface area contributed by atoms with Gasteiger partial charge in [0.1, 0.15) is 0 Å². The lowest BCUT2D eigenvalue weighted by molar-refractivity contribution is -0.107. The van der Waals surface area contributed by atoms with Crippen molar-refractivity contribution in [2.24, 2.45) is 5.73 Å². The van der Waals surface area contributed by atoms with E-state index in [0.717, 1.165) is 5.57 Å². The first-order valence-electron chi connectivity index (χ1n) is 5.58. The first-order valence-corrected chi connectivity index (χ1v) is 6.03. The zero-order valence-electron chi connectivity index (χ0n) is 11.1. The van der Waals surface area contributed by atoms with Gasteiger partial charge in [0.25, 0.3) is 0 Å². The Hall–Kier alpha value is -0.800. The van der Waals surface area contributed by atoms with Gasteiger partial charge in [0.15, 0.2) is 0 Å². The third-order valence-electron chi connectivity index (χ3n) is 1.41. The fourth-order valence-electron chi connectivity index (χ4n) is 0.668. The van der Waals surface area contributed by atoms with Crippen molar-refractivity contribution in [1.82, 2.24) is 0 Å². The topological polar surface area (TPSA) is 43.1 Å². The van der Waals surface area contributed by atoms with E-state index >= 15 is 0 Å². The second-order valence-corrected chi connectivity index (χ2v) is 2.58. The fraction of sp³-hybridized carbons (Fsp3) is 0.462. The van der Waals surface area contributed by atoms with Gasteiger partial charge in [-0.25, -0.2) is 0 Å². The van der Waals surface area contributed by atoms with E-state index in [4.69, 9.17) is 5.73 Å². The Bertz CT molecular complexity index is 242. The monoisotopic (exact) mass is 243 g/mol. The van der Waals surface area contributed by atoms with E-state index in [1.54, 1.807) is 6.08 Å². The molecule has 0 saturated heterocycles. The van der Waals surface area contributed by atoms with Gasteiger partial charge in [0.05, 0.1) is 0 Å². The number of nitrogens with two attached hydrogens (primary N) is 1. The summed E-state index contributed by atoms with van der Waals surface area (Å²) in [4.78, 5) is 10.8. The van der Waals surface area contributed by atoms with Crippen molar-refractivity contribution >= 4 is 17.7 Å². The largest absolute Gasteiger partial charge is 0.327 e. The van der Waals surface area contributed by atoms with Gasteiger partial charge < -0.3 is 5.73 Å². The van der Waals surface area contributed by atoms with Gasteiger partial charge >= 0.3 is 0 Å². The van der Waals surface area contributed by atoms with E-state index in [-0.39, 0.29) is 5.12 Å². The molecule has 0 rings (SSSR count). The van der Waals surface area contributed by atoms with Crippen LogP contribution in [0.3, 0.4) is 0 Å². The molecule has 0 radical (unpaired) electrons. The summed E-state index contributed by atoms with van der Waals surface area (Å²) in [6.45, 7) is 13.8. The first kappa shape index (κ1) is 20.6. The van der Waals surface area contributed by atoms with Crippen LogP contribution in [0, 0.1) is 0 Å². The number of thiol groups is 1. The normalized spacial score (nSPS) is 10.4. The smallest absolute Gasteiger partial charge is 0.216 e. The van der Waals surface area contributed by atoms with Crippen molar-refractivity contribution in [2.75, 3.05) is 6.54 Å². The van der Waals surface area contributed by atoms with Crippen LogP contribution in [0.25, 0.3) is 0 Å². The summed E-state index contributed by atoms with van der Waals surface area (Å²) >= 11 is 3.68. The molecular weight excluding hydrogens is 218 g/mol. The molecule has 0 unspecified atom stereocenters. The Morgan fingerprint density at radius 3 is 1.94 bits per heavy atom. The van der Waals surface area contributed by atoms with Gasteiger partial charge in [0, 0.05) is 12.1 Å². The molecule has 0 aromatic heterocycles. The summed E-state index contributed by atoms with van der Waals surface area (Å²) < 4.78 is 0. The van der Waals surface area contributed by atoms with Crippen LogP contribution in [0.4, 0.5) is 0 Å². The Kier molecular flexibility index (Phi) is 21.4. The molecule has 3 heteroatoms. The van der Waals surface area contributed by atoms with Crippen molar-refractivity contribution in [3.05, 3.63) is 36.0 Å². The molecule has 0 heterocycles. The maximum Gasteiger partial charge on any atom is 0.216 e. The van der Waals surface area contributed by atoms with Gasteiger partial charge in [-0.3, -0.25) is 4.79 Å². The summed E-state index contributed by atoms with van der Waals surface area (Å²) in [7, 11) is 0. The predicted octanol–water partition coefficient (Wildman–Crippen LogP) is 3.51. The molecule has 0 fully saturated rings. The fourth-order valence-corrected chi connectivity index (χ4v) is 0.824. The second kappa shape index (κ2) is 16.6. The minimum Gasteiger partial charge on any atom is -0.327 e. The highest BCUT2D eigenvalue weighted by molar-refractivity contribution is 7.97. The summed E-state index contributed by atoms with van der Waals surface area (Å²) in [5, 5.41) is -0.294. The van der Waals surface area contributed by atoms with Gasteiger partial charge in [-0.15, -0.1) is 12.6 Å². The lowest BCUT2D eigenvalue weighted by Crippen LogP contribution is -2.02. The van der Waals surface area contributed by atoms with Crippen molar-refractivity contribution in [2.45, 2.75) is 34.6 Å². The van der Waals surface area contributed by atoms with E-state index in [1.807, 2.05) is 40.7 Å². The molecule has 0 aliphatic rings. The second-order valence-electron chi connectivity index (χ2n) is 2.18. The number of allylic oxidation sites excluding steroid dienone is 2. The SMILES string of the molecule is C=C/C(=C\C(=C/C)CN)C(=O)S.CC.CC. The zero-order valence-corrected chi connectivity index (χ0v) is 12.0. The highest BCUT2D eigenvalue weighted by atomic mass is 32.1. The van der Waals surface area contributed by atoms with E-state index in [1.165, 1.54) is 6.08 Å². The number of carbonyl (C=O) groups is 1. The standard InChI is InChI=1S/C9H13NOS.2C2H6/c1-3-7(6-10)5-8(4-2)9(11)12;2*1-2/h3-5H,2,6,10H2,1H3,(H,11,12);2*1-2H3/b7-3+,8-5+;;. The maximum atomic E-state index is 10.8. The summed E-state index contributed by atoms with van der Waals surface area (Å²) in [6.07, 6.45) is 5.00. The molecule has 0 spiro atoms. The van der Waals surface area contributed by atoms with Gasteiger partial charge in [-0.2, -0.15) is 0 Å². The summed E-state index contributed by atoms with van der Waals surface area (Å²) in [5.41, 5.74) is 6.77. The molecule has 16 heavy (non-hydrogen) atoms. The summed E-state index contributed by atoms with van der Waals surface area (Å²) in [5.74, 6) is 0. The molecule has 0 amide bonds. The molecule has 0 bridgehead atoms. The number of carbonyl (C=O) groups excluding carboxylic acids is 1. The predicted molar refractivity (Wildman–Crippen MR) is 77.8 cm³/mol. The Morgan fingerprint density at radius 2 is 1.75 bits per heavy atom. The van der Waals surface area contributed by atoms with E-state index in [9.17, 15) is 4.79 Å². The van der Waals surface area contributed by atoms with Crippen molar-refractivity contribution < 1.29 is 4.79 Å². The third-order valence-corrected chi connectivity index (χ3v) is 1.67. The molecule has 2 N–H and O–H groups in total. The number of rotatable bonds is 4. The number of hydrogen-bond acceptors (Lipinski definition) is 2. The van der Waals surface area contributed by atoms with Crippen molar-refractivity contribution in [3.8, 4) is 0 Å². The van der Waals surface area contributed by atoms with Crippen LogP contribution >= 0.6 is 12.6 Å². The first-order chi connectivity index (χ1) is 7.65. The third kappa shape index (κ3) is 11.3. The van der Waals surface area contributed by atoms with Crippen LogP contribution in [0.1, 0.15) is 34.6 Å². The van der Waals surface area contributed by atoms with Gasteiger partial charge in [-0.05, 0) is 18.6 Å². The molecule has 94 valence electrons. The minimum atomic E-state index is -0.294. The zero-order chi connectivity index (χ0) is 13.6.